The molecule has 0 aromatic heterocycles. The summed E-state index contributed by atoms with van der Waals surface area (Å²) in [5.74, 6) is 0. The summed E-state index contributed by atoms with van der Waals surface area (Å²) in [6.07, 6.45) is 2.24. The van der Waals surface area contributed by atoms with Gasteiger partial charge in [-0.3, -0.25) is 0 Å². The molecule has 0 bridgehead atoms. The second kappa shape index (κ2) is 6.38. The number of ether oxygens (including phenoxy) is 1. The van der Waals surface area contributed by atoms with E-state index in [9.17, 15) is 0 Å². The van der Waals surface area contributed by atoms with Gasteiger partial charge in [0.2, 0.25) is 0 Å². The molecule has 1 heterocycles. The lowest BCUT2D eigenvalue weighted by Crippen LogP contribution is -2.48. The number of nitrogens with two attached hydrogens (primary N) is 1. The highest BCUT2D eigenvalue weighted by atomic mass is 79.9. The number of methoxy groups -OCH3 is 1. The molecule has 1 aliphatic heterocycles. The summed E-state index contributed by atoms with van der Waals surface area (Å²) >= 11 is 3.55. The number of hydrogen-bond donors (Lipinski definition) is 1. The number of rotatable bonds is 3. The van der Waals surface area contributed by atoms with Crippen molar-refractivity contribution in [2.24, 2.45) is 5.73 Å². The summed E-state index contributed by atoms with van der Waals surface area (Å²) in [7, 11) is 1.76. The van der Waals surface area contributed by atoms with E-state index >= 15 is 0 Å². The van der Waals surface area contributed by atoms with E-state index in [2.05, 4.69) is 26.9 Å². The van der Waals surface area contributed by atoms with E-state index in [4.69, 9.17) is 15.7 Å². The summed E-state index contributed by atoms with van der Waals surface area (Å²) in [5.41, 5.74) is 7.65. The molecule has 0 spiro atoms. The normalized spacial score (nSPS) is 23.2. The Morgan fingerprint density at radius 1 is 1.58 bits per heavy atom. The minimum atomic E-state index is 0.280. The van der Waals surface area contributed by atoms with Crippen LogP contribution in [0.5, 0.6) is 0 Å². The first-order valence-corrected chi connectivity index (χ1v) is 7.18. The molecule has 0 amide bonds. The molecule has 4 nitrogen and oxygen atoms in total. The second-order valence-electron chi connectivity index (χ2n) is 4.74. The van der Waals surface area contributed by atoms with Gasteiger partial charge in [0.1, 0.15) is 0 Å². The molecule has 102 valence electrons. The average molecular weight is 324 g/mol. The van der Waals surface area contributed by atoms with Crippen molar-refractivity contribution < 1.29 is 4.74 Å². The van der Waals surface area contributed by atoms with Crippen LogP contribution in [0.15, 0.2) is 22.7 Å². The van der Waals surface area contributed by atoms with Crippen molar-refractivity contribution >= 4 is 21.6 Å². The third-order valence-corrected chi connectivity index (χ3v) is 4.29. The number of halogens is 1. The fraction of sp³-hybridized carbons (Fsp3) is 0.500. The molecule has 0 radical (unpaired) electrons. The first-order valence-electron chi connectivity index (χ1n) is 6.38. The SMILES string of the molecule is COC1CCN(c2ccc(C#N)cc2Br)C(CN)C1. The van der Waals surface area contributed by atoms with Crippen LogP contribution in [0.2, 0.25) is 0 Å². The van der Waals surface area contributed by atoms with E-state index in [1.165, 1.54) is 0 Å². The quantitative estimate of drug-likeness (QED) is 0.926. The standard InChI is InChI=1S/C14H18BrN3O/c1-19-12-4-5-18(11(7-12)9-17)14-3-2-10(8-16)6-13(14)15/h2-3,6,11-12H,4-5,7,9,17H2,1H3. The van der Waals surface area contributed by atoms with Crippen LogP contribution >= 0.6 is 15.9 Å². The average Bonchev–Trinajstić information content (AvgIpc) is 2.46. The summed E-state index contributed by atoms with van der Waals surface area (Å²) in [6, 6.07) is 8.11. The largest absolute Gasteiger partial charge is 0.381 e. The summed E-state index contributed by atoms with van der Waals surface area (Å²) in [4.78, 5) is 2.31. The fourth-order valence-electron chi connectivity index (χ4n) is 2.58. The van der Waals surface area contributed by atoms with Crippen LogP contribution in [0, 0.1) is 11.3 Å². The topological polar surface area (TPSA) is 62.3 Å². The van der Waals surface area contributed by atoms with Gasteiger partial charge in [-0.05, 0) is 47.0 Å². The molecule has 1 aromatic rings. The van der Waals surface area contributed by atoms with Gasteiger partial charge in [0.15, 0.2) is 0 Å². The molecule has 2 rings (SSSR count). The highest BCUT2D eigenvalue weighted by Crippen LogP contribution is 2.32. The zero-order valence-corrected chi connectivity index (χ0v) is 12.6. The van der Waals surface area contributed by atoms with Crippen molar-refractivity contribution in [3.8, 4) is 6.07 Å². The van der Waals surface area contributed by atoms with Crippen LogP contribution in [0.1, 0.15) is 18.4 Å². The summed E-state index contributed by atoms with van der Waals surface area (Å²) in [6.45, 7) is 1.52. The number of piperidine rings is 1. The predicted molar refractivity (Wildman–Crippen MR) is 79.1 cm³/mol. The zero-order chi connectivity index (χ0) is 13.8. The minimum absolute atomic E-state index is 0.280. The van der Waals surface area contributed by atoms with Crippen molar-refractivity contribution in [1.29, 1.82) is 5.26 Å². The minimum Gasteiger partial charge on any atom is -0.381 e. The first-order chi connectivity index (χ1) is 9.19. The molecule has 1 saturated heterocycles. The number of nitriles is 1. The number of hydrogen-bond acceptors (Lipinski definition) is 4. The molecule has 19 heavy (non-hydrogen) atoms. The number of nitrogens with zero attached hydrogens (tertiary/aromatic N) is 2. The van der Waals surface area contributed by atoms with Crippen molar-refractivity contribution in [2.45, 2.75) is 25.0 Å². The Labute approximate surface area is 122 Å². The van der Waals surface area contributed by atoms with E-state index in [-0.39, 0.29) is 6.04 Å². The Morgan fingerprint density at radius 3 is 2.95 bits per heavy atom. The van der Waals surface area contributed by atoms with E-state index in [1.54, 1.807) is 7.11 Å². The van der Waals surface area contributed by atoms with Crippen molar-refractivity contribution in [1.82, 2.24) is 0 Å². The maximum Gasteiger partial charge on any atom is 0.0992 e. The smallest absolute Gasteiger partial charge is 0.0992 e. The number of anilines is 1. The van der Waals surface area contributed by atoms with Gasteiger partial charge < -0.3 is 15.4 Å². The van der Waals surface area contributed by atoms with E-state index in [0.717, 1.165) is 29.5 Å². The van der Waals surface area contributed by atoms with Crippen LogP contribution < -0.4 is 10.6 Å². The lowest BCUT2D eigenvalue weighted by Gasteiger charge is -2.40. The third-order valence-electron chi connectivity index (χ3n) is 3.66. The van der Waals surface area contributed by atoms with Gasteiger partial charge in [0.05, 0.1) is 23.4 Å². The Morgan fingerprint density at radius 2 is 2.37 bits per heavy atom. The molecule has 2 N–H and O–H groups in total. The lowest BCUT2D eigenvalue weighted by atomic mass is 9.98. The molecule has 1 aromatic carbocycles. The van der Waals surface area contributed by atoms with Gasteiger partial charge in [0, 0.05) is 30.7 Å². The second-order valence-corrected chi connectivity index (χ2v) is 5.60. The Balaban J connectivity index is 2.23. The maximum atomic E-state index is 8.91. The zero-order valence-electron chi connectivity index (χ0n) is 11.0. The lowest BCUT2D eigenvalue weighted by molar-refractivity contribution is 0.0709. The van der Waals surface area contributed by atoms with Gasteiger partial charge in [0.25, 0.3) is 0 Å². The van der Waals surface area contributed by atoms with E-state index in [0.29, 0.717) is 18.2 Å². The van der Waals surface area contributed by atoms with Crippen LogP contribution in [0.25, 0.3) is 0 Å². The third kappa shape index (κ3) is 3.08. The van der Waals surface area contributed by atoms with E-state index in [1.807, 2.05) is 18.2 Å². The molecule has 2 unspecified atom stereocenters. The highest BCUT2D eigenvalue weighted by molar-refractivity contribution is 9.10. The van der Waals surface area contributed by atoms with Gasteiger partial charge >= 0.3 is 0 Å². The fourth-order valence-corrected chi connectivity index (χ4v) is 3.18. The Bertz CT molecular complexity index is 486. The molecule has 0 aliphatic carbocycles. The molecule has 2 atom stereocenters. The molecular weight excluding hydrogens is 306 g/mol. The first kappa shape index (κ1) is 14.3. The van der Waals surface area contributed by atoms with Gasteiger partial charge in [-0.1, -0.05) is 0 Å². The van der Waals surface area contributed by atoms with Gasteiger partial charge in [-0.2, -0.15) is 5.26 Å². The van der Waals surface area contributed by atoms with Crippen LogP contribution in [0.3, 0.4) is 0 Å². The highest BCUT2D eigenvalue weighted by Gasteiger charge is 2.28. The maximum absolute atomic E-state index is 8.91. The monoisotopic (exact) mass is 323 g/mol. The molecule has 5 heteroatoms. The Hall–Kier alpha value is -1.09. The number of benzene rings is 1. The molecule has 1 fully saturated rings. The molecule has 1 aliphatic rings. The molecular formula is C14H18BrN3O. The molecule has 0 saturated carbocycles. The summed E-state index contributed by atoms with van der Waals surface area (Å²) in [5, 5.41) is 8.91. The van der Waals surface area contributed by atoms with Crippen molar-refractivity contribution in [3.63, 3.8) is 0 Å². The van der Waals surface area contributed by atoms with Crippen molar-refractivity contribution in [2.75, 3.05) is 25.1 Å². The van der Waals surface area contributed by atoms with E-state index < -0.39 is 0 Å². The predicted octanol–water partition coefficient (Wildman–Crippen LogP) is 2.26. The van der Waals surface area contributed by atoms with Crippen LogP contribution in [-0.4, -0.2) is 32.3 Å². The Kier molecular flexibility index (Phi) is 4.81. The van der Waals surface area contributed by atoms with Gasteiger partial charge in [-0.25, -0.2) is 0 Å². The van der Waals surface area contributed by atoms with Gasteiger partial charge in [-0.15, -0.1) is 0 Å². The van der Waals surface area contributed by atoms with Crippen LogP contribution in [-0.2, 0) is 4.74 Å². The van der Waals surface area contributed by atoms with Crippen LogP contribution in [0.4, 0.5) is 5.69 Å². The van der Waals surface area contributed by atoms with Crippen molar-refractivity contribution in [3.05, 3.63) is 28.2 Å². The summed E-state index contributed by atoms with van der Waals surface area (Å²) < 4.78 is 6.38.